The number of aromatic nitrogens is 4. The molecule has 0 spiro atoms. The molecular formula is C19H13ClF3N5OS. The molecular weight excluding hydrogens is 439 g/mol. The highest BCUT2D eigenvalue weighted by Crippen LogP contribution is 2.30. The molecule has 0 aliphatic heterocycles. The third-order valence-electron chi connectivity index (χ3n) is 4.28. The Morgan fingerprint density at radius 3 is 2.77 bits per heavy atom. The molecule has 0 fully saturated rings. The van der Waals surface area contributed by atoms with E-state index in [1.807, 2.05) is 6.07 Å². The van der Waals surface area contributed by atoms with Crippen molar-refractivity contribution < 1.29 is 18.0 Å². The quantitative estimate of drug-likeness (QED) is 0.485. The number of aryl methyl sites for hydroxylation is 1. The van der Waals surface area contributed by atoms with Gasteiger partial charge in [-0.1, -0.05) is 23.7 Å². The Morgan fingerprint density at radius 1 is 1.23 bits per heavy atom. The van der Waals surface area contributed by atoms with Gasteiger partial charge in [0.2, 0.25) is 0 Å². The third-order valence-corrected chi connectivity index (χ3v) is 5.72. The topological polar surface area (TPSA) is 72.2 Å². The van der Waals surface area contributed by atoms with Crippen molar-refractivity contribution in [1.29, 1.82) is 0 Å². The van der Waals surface area contributed by atoms with Gasteiger partial charge in [-0.25, -0.2) is 4.98 Å². The maximum atomic E-state index is 13.0. The number of thiazole rings is 1. The first-order chi connectivity index (χ1) is 14.2. The standard InChI is InChI=1S/C19H13ClF3N5OS/c1-10-16(30-18(25-10)11-3-2-4-13(20)7-11)17(29)24-8-15-27-26-14-6-5-12(9-28(14)15)19(21,22)23/h2-7,9H,8H2,1H3,(H,24,29). The molecule has 0 aliphatic rings. The van der Waals surface area contributed by atoms with E-state index < -0.39 is 17.6 Å². The van der Waals surface area contributed by atoms with Gasteiger partial charge >= 0.3 is 6.18 Å². The summed E-state index contributed by atoms with van der Waals surface area (Å²) in [6.45, 7) is 1.62. The number of hydrogen-bond acceptors (Lipinski definition) is 5. The van der Waals surface area contributed by atoms with Crippen molar-refractivity contribution >= 4 is 34.5 Å². The minimum Gasteiger partial charge on any atom is -0.344 e. The van der Waals surface area contributed by atoms with Crippen LogP contribution >= 0.6 is 22.9 Å². The Bertz CT molecular complexity index is 1250. The van der Waals surface area contributed by atoms with Gasteiger partial charge in [0.15, 0.2) is 11.5 Å². The van der Waals surface area contributed by atoms with Crippen molar-refractivity contribution in [3.8, 4) is 10.6 Å². The molecule has 0 aliphatic carbocycles. The predicted molar refractivity (Wildman–Crippen MR) is 106 cm³/mol. The smallest absolute Gasteiger partial charge is 0.344 e. The largest absolute Gasteiger partial charge is 0.417 e. The summed E-state index contributed by atoms with van der Waals surface area (Å²) in [5, 5.41) is 11.6. The van der Waals surface area contributed by atoms with Crippen LogP contribution in [0, 0.1) is 6.92 Å². The first-order valence-electron chi connectivity index (χ1n) is 8.65. The second-order valence-corrected chi connectivity index (χ2v) is 7.82. The molecule has 30 heavy (non-hydrogen) atoms. The van der Waals surface area contributed by atoms with Crippen molar-refractivity contribution in [3.63, 3.8) is 0 Å². The molecule has 0 radical (unpaired) electrons. The van der Waals surface area contributed by atoms with Crippen LogP contribution in [0.25, 0.3) is 16.2 Å². The lowest BCUT2D eigenvalue weighted by Crippen LogP contribution is -2.24. The van der Waals surface area contributed by atoms with E-state index in [0.29, 0.717) is 20.6 Å². The fourth-order valence-corrected chi connectivity index (χ4v) is 3.99. The highest BCUT2D eigenvalue weighted by Gasteiger charge is 2.31. The number of halogens is 4. The summed E-state index contributed by atoms with van der Waals surface area (Å²) in [5.74, 6) is -0.219. The van der Waals surface area contributed by atoms with E-state index in [9.17, 15) is 18.0 Å². The highest BCUT2D eigenvalue weighted by molar-refractivity contribution is 7.17. The van der Waals surface area contributed by atoms with Crippen LogP contribution in [0.2, 0.25) is 5.02 Å². The Balaban J connectivity index is 1.54. The molecule has 4 aromatic rings. The minimum atomic E-state index is -4.49. The summed E-state index contributed by atoms with van der Waals surface area (Å²) < 4.78 is 40.1. The number of benzene rings is 1. The van der Waals surface area contributed by atoms with Gasteiger partial charge in [0.25, 0.3) is 5.91 Å². The van der Waals surface area contributed by atoms with Gasteiger partial charge in [-0.2, -0.15) is 13.2 Å². The maximum absolute atomic E-state index is 13.0. The van der Waals surface area contributed by atoms with Crippen molar-refractivity contribution in [2.45, 2.75) is 19.6 Å². The zero-order chi connectivity index (χ0) is 21.5. The summed E-state index contributed by atoms with van der Waals surface area (Å²) in [6, 6.07) is 9.29. The number of pyridine rings is 1. The SMILES string of the molecule is Cc1nc(-c2cccc(Cl)c2)sc1C(=O)NCc1nnc2ccc(C(F)(F)F)cn12. The summed E-state index contributed by atoms with van der Waals surface area (Å²) in [4.78, 5) is 17.4. The second-order valence-electron chi connectivity index (χ2n) is 6.39. The fourth-order valence-electron chi connectivity index (χ4n) is 2.82. The van der Waals surface area contributed by atoms with E-state index >= 15 is 0 Å². The molecule has 4 rings (SSSR count). The summed E-state index contributed by atoms with van der Waals surface area (Å²) in [6.07, 6.45) is -3.58. The molecule has 11 heteroatoms. The van der Waals surface area contributed by atoms with Crippen LogP contribution in [-0.2, 0) is 12.7 Å². The third kappa shape index (κ3) is 4.01. The van der Waals surface area contributed by atoms with Crippen LogP contribution in [0.15, 0.2) is 42.6 Å². The van der Waals surface area contributed by atoms with E-state index in [2.05, 4.69) is 20.5 Å². The zero-order valence-electron chi connectivity index (χ0n) is 15.4. The number of alkyl halides is 3. The lowest BCUT2D eigenvalue weighted by Gasteiger charge is -2.08. The molecule has 1 amide bonds. The van der Waals surface area contributed by atoms with Crippen LogP contribution in [0.1, 0.15) is 26.8 Å². The van der Waals surface area contributed by atoms with Crippen molar-refractivity contribution in [2.24, 2.45) is 0 Å². The normalized spacial score (nSPS) is 11.8. The number of fused-ring (bicyclic) bond motifs is 1. The molecule has 6 nitrogen and oxygen atoms in total. The Morgan fingerprint density at radius 2 is 2.03 bits per heavy atom. The van der Waals surface area contributed by atoms with Crippen molar-refractivity contribution in [2.75, 3.05) is 0 Å². The average Bonchev–Trinajstić information content (AvgIpc) is 3.28. The van der Waals surface area contributed by atoms with E-state index in [-0.39, 0.29) is 18.0 Å². The molecule has 3 heterocycles. The van der Waals surface area contributed by atoms with Gasteiger partial charge in [-0.05, 0) is 31.2 Å². The molecule has 0 unspecified atom stereocenters. The Hall–Kier alpha value is -2.98. The molecule has 0 saturated carbocycles. The monoisotopic (exact) mass is 451 g/mol. The van der Waals surface area contributed by atoms with Crippen LogP contribution in [0.4, 0.5) is 13.2 Å². The lowest BCUT2D eigenvalue weighted by atomic mass is 10.2. The Labute approximate surface area is 177 Å². The molecule has 154 valence electrons. The minimum absolute atomic E-state index is 0.0921. The van der Waals surface area contributed by atoms with E-state index in [1.165, 1.54) is 21.8 Å². The number of nitrogens with one attached hydrogen (secondary N) is 1. The number of nitrogens with zero attached hydrogens (tertiary/aromatic N) is 4. The van der Waals surface area contributed by atoms with Crippen LogP contribution in [0.3, 0.4) is 0 Å². The van der Waals surface area contributed by atoms with E-state index in [1.54, 1.807) is 25.1 Å². The molecule has 3 aromatic heterocycles. The average molecular weight is 452 g/mol. The number of carbonyl (C=O) groups is 1. The van der Waals surface area contributed by atoms with Gasteiger partial charge in [0.05, 0.1) is 17.8 Å². The first kappa shape index (κ1) is 20.3. The number of hydrogen-bond donors (Lipinski definition) is 1. The maximum Gasteiger partial charge on any atom is 0.417 e. The fraction of sp³-hybridized carbons (Fsp3) is 0.158. The summed E-state index contributed by atoms with van der Waals surface area (Å²) in [5.41, 5.74) is 0.756. The number of amides is 1. The van der Waals surface area contributed by atoms with Crippen LogP contribution in [-0.4, -0.2) is 25.5 Å². The van der Waals surface area contributed by atoms with Crippen LogP contribution in [0.5, 0.6) is 0 Å². The molecule has 0 atom stereocenters. The van der Waals surface area contributed by atoms with Gasteiger partial charge in [-0.15, -0.1) is 21.5 Å². The summed E-state index contributed by atoms with van der Waals surface area (Å²) >= 11 is 7.21. The van der Waals surface area contributed by atoms with Crippen molar-refractivity contribution in [1.82, 2.24) is 24.9 Å². The molecule has 0 bridgehead atoms. The van der Waals surface area contributed by atoms with Gasteiger partial charge in [0.1, 0.15) is 9.88 Å². The number of carbonyl (C=O) groups excluding carboxylic acids is 1. The lowest BCUT2D eigenvalue weighted by molar-refractivity contribution is -0.137. The Kier molecular flexibility index (Phi) is 5.20. The van der Waals surface area contributed by atoms with Gasteiger partial charge in [0, 0.05) is 16.8 Å². The van der Waals surface area contributed by atoms with E-state index in [4.69, 9.17) is 11.6 Å². The molecule has 1 N–H and O–H groups in total. The van der Waals surface area contributed by atoms with Crippen molar-refractivity contribution in [3.05, 3.63) is 69.6 Å². The first-order valence-corrected chi connectivity index (χ1v) is 9.84. The zero-order valence-corrected chi connectivity index (χ0v) is 16.9. The second kappa shape index (κ2) is 7.69. The molecule has 0 saturated heterocycles. The highest BCUT2D eigenvalue weighted by atomic mass is 35.5. The van der Waals surface area contributed by atoms with Crippen LogP contribution < -0.4 is 5.32 Å². The summed E-state index contributed by atoms with van der Waals surface area (Å²) in [7, 11) is 0. The molecule has 1 aromatic carbocycles. The van der Waals surface area contributed by atoms with E-state index in [0.717, 1.165) is 17.8 Å². The van der Waals surface area contributed by atoms with Gasteiger partial charge < -0.3 is 5.32 Å². The number of rotatable bonds is 4. The van der Waals surface area contributed by atoms with Gasteiger partial charge in [-0.3, -0.25) is 9.20 Å². The predicted octanol–water partition coefficient (Wildman–Crippen LogP) is 4.76.